The van der Waals surface area contributed by atoms with Crippen molar-refractivity contribution >= 4 is 5.91 Å². The standard InChI is InChI=1S/C21H28N2O2/c1-4-18(23(2)3)14-19(21(22)25)16-11-8-12-17(13-16)20(24)15-9-6-5-7-10-15/h5-13,18-20,24H,4,14H2,1-3H3,(H2,22,25). The molecule has 3 N–H and O–H groups in total. The summed E-state index contributed by atoms with van der Waals surface area (Å²) in [6.07, 6.45) is 0.901. The van der Waals surface area contributed by atoms with Crippen LogP contribution in [0.15, 0.2) is 54.6 Å². The summed E-state index contributed by atoms with van der Waals surface area (Å²) in [7, 11) is 4.03. The van der Waals surface area contributed by atoms with Gasteiger partial charge in [0.05, 0.1) is 5.92 Å². The van der Waals surface area contributed by atoms with Crippen molar-refractivity contribution in [3.05, 3.63) is 71.3 Å². The van der Waals surface area contributed by atoms with Crippen molar-refractivity contribution in [2.45, 2.75) is 37.8 Å². The van der Waals surface area contributed by atoms with Gasteiger partial charge in [-0.15, -0.1) is 0 Å². The van der Waals surface area contributed by atoms with Crippen LogP contribution in [0.4, 0.5) is 0 Å². The van der Waals surface area contributed by atoms with E-state index >= 15 is 0 Å². The van der Waals surface area contributed by atoms with Crippen LogP contribution in [0, 0.1) is 0 Å². The summed E-state index contributed by atoms with van der Waals surface area (Å²) in [5.41, 5.74) is 8.15. The predicted octanol–water partition coefficient (Wildman–Crippen LogP) is 3.07. The first-order valence-corrected chi connectivity index (χ1v) is 8.72. The van der Waals surface area contributed by atoms with Gasteiger partial charge in [0.1, 0.15) is 6.10 Å². The molecule has 2 aromatic rings. The Morgan fingerprint density at radius 3 is 2.20 bits per heavy atom. The molecule has 25 heavy (non-hydrogen) atoms. The number of aliphatic hydroxyl groups is 1. The lowest BCUT2D eigenvalue weighted by molar-refractivity contribution is -0.119. The molecule has 3 atom stereocenters. The molecule has 1 amide bonds. The van der Waals surface area contributed by atoms with Gasteiger partial charge in [-0.25, -0.2) is 0 Å². The number of hydrogen-bond acceptors (Lipinski definition) is 3. The third-order valence-electron chi connectivity index (χ3n) is 4.80. The number of hydrogen-bond donors (Lipinski definition) is 2. The third kappa shape index (κ3) is 4.91. The van der Waals surface area contributed by atoms with Gasteiger partial charge in [-0.2, -0.15) is 0 Å². The Morgan fingerprint density at radius 1 is 1.04 bits per heavy atom. The number of carbonyl (C=O) groups excluding carboxylic acids is 1. The zero-order valence-electron chi connectivity index (χ0n) is 15.2. The number of nitrogens with two attached hydrogens (primary N) is 1. The number of nitrogens with zero attached hydrogens (tertiary/aromatic N) is 1. The van der Waals surface area contributed by atoms with Gasteiger partial charge in [0, 0.05) is 6.04 Å². The highest BCUT2D eigenvalue weighted by molar-refractivity contribution is 5.82. The fraction of sp³-hybridized carbons (Fsp3) is 0.381. The second kappa shape index (κ2) is 8.79. The molecule has 3 unspecified atom stereocenters. The van der Waals surface area contributed by atoms with E-state index in [0.29, 0.717) is 6.42 Å². The molecular weight excluding hydrogens is 312 g/mol. The van der Waals surface area contributed by atoms with Crippen molar-refractivity contribution in [2.24, 2.45) is 5.73 Å². The number of rotatable bonds is 8. The summed E-state index contributed by atoms with van der Waals surface area (Å²) in [5, 5.41) is 10.6. The molecule has 0 saturated carbocycles. The predicted molar refractivity (Wildman–Crippen MR) is 101 cm³/mol. The van der Waals surface area contributed by atoms with Crippen LogP contribution >= 0.6 is 0 Å². The van der Waals surface area contributed by atoms with E-state index in [1.54, 1.807) is 0 Å². The lowest BCUT2D eigenvalue weighted by Gasteiger charge is -2.27. The van der Waals surface area contributed by atoms with Crippen molar-refractivity contribution in [1.82, 2.24) is 4.90 Å². The zero-order chi connectivity index (χ0) is 18.4. The molecule has 0 heterocycles. The van der Waals surface area contributed by atoms with Gasteiger partial charge in [-0.3, -0.25) is 4.79 Å². The second-order valence-electron chi connectivity index (χ2n) is 6.70. The Bertz CT molecular complexity index is 685. The largest absolute Gasteiger partial charge is 0.384 e. The van der Waals surface area contributed by atoms with Gasteiger partial charge in [-0.1, -0.05) is 61.5 Å². The summed E-state index contributed by atoms with van der Waals surface area (Å²) in [4.78, 5) is 14.2. The molecule has 0 aromatic heterocycles. The highest BCUT2D eigenvalue weighted by Gasteiger charge is 2.24. The van der Waals surface area contributed by atoms with Crippen LogP contribution in [0.3, 0.4) is 0 Å². The monoisotopic (exact) mass is 340 g/mol. The van der Waals surface area contributed by atoms with Crippen molar-refractivity contribution < 1.29 is 9.90 Å². The Balaban J connectivity index is 2.29. The van der Waals surface area contributed by atoms with Crippen molar-refractivity contribution in [2.75, 3.05) is 14.1 Å². The molecule has 0 aliphatic heterocycles. The zero-order valence-corrected chi connectivity index (χ0v) is 15.2. The maximum atomic E-state index is 12.1. The van der Waals surface area contributed by atoms with Crippen LogP contribution in [0.2, 0.25) is 0 Å². The Hall–Kier alpha value is -2.17. The molecule has 2 aromatic carbocycles. The Morgan fingerprint density at radius 2 is 1.64 bits per heavy atom. The van der Waals surface area contributed by atoms with Gasteiger partial charge < -0.3 is 15.7 Å². The average molecular weight is 340 g/mol. The quantitative estimate of drug-likeness (QED) is 0.776. The van der Waals surface area contributed by atoms with E-state index in [2.05, 4.69) is 11.8 Å². The maximum absolute atomic E-state index is 12.1. The van der Waals surface area contributed by atoms with E-state index in [1.165, 1.54) is 0 Å². The van der Waals surface area contributed by atoms with Crippen LogP contribution in [0.25, 0.3) is 0 Å². The summed E-state index contributed by atoms with van der Waals surface area (Å²) in [6, 6.07) is 17.3. The number of aliphatic hydroxyl groups excluding tert-OH is 1. The Kier molecular flexibility index (Phi) is 6.73. The number of amides is 1. The van der Waals surface area contributed by atoms with Gasteiger partial charge in [0.25, 0.3) is 0 Å². The van der Waals surface area contributed by atoms with Crippen molar-refractivity contribution in [1.29, 1.82) is 0 Å². The van der Waals surface area contributed by atoms with Crippen LogP contribution in [-0.2, 0) is 4.79 Å². The molecule has 0 aliphatic carbocycles. The molecular formula is C21H28N2O2. The first kappa shape index (κ1) is 19.2. The first-order chi connectivity index (χ1) is 11.9. The minimum atomic E-state index is -0.717. The van der Waals surface area contributed by atoms with Crippen molar-refractivity contribution in [3.8, 4) is 0 Å². The summed E-state index contributed by atoms with van der Waals surface area (Å²) in [5.74, 6) is -0.693. The van der Waals surface area contributed by atoms with E-state index in [-0.39, 0.29) is 17.9 Å². The van der Waals surface area contributed by atoms with E-state index < -0.39 is 6.10 Å². The third-order valence-corrected chi connectivity index (χ3v) is 4.80. The second-order valence-corrected chi connectivity index (χ2v) is 6.70. The minimum Gasteiger partial charge on any atom is -0.384 e. The highest BCUT2D eigenvalue weighted by Crippen LogP contribution is 2.28. The van der Waals surface area contributed by atoms with E-state index in [0.717, 1.165) is 23.1 Å². The fourth-order valence-electron chi connectivity index (χ4n) is 3.20. The molecule has 0 saturated heterocycles. The summed E-state index contributed by atoms with van der Waals surface area (Å²) < 4.78 is 0. The van der Waals surface area contributed by atoms with Crippen molar-refractivity contribution in [3.63, 3.8) is 0 Å². The average Bonchev–Trinajstić information content (AvgIpc) is 2.62. The molecule has 0 fully saturated rings. The maximum Gasteiger partial charge on any atom is 0.225 e. The van der Waals surface area contributed by atoms with E-state index in [9.17, 15) is 9.90 Å². The van der Waals surface area contributed by atoms with E-state index in [4.69, 9.17) is 5.73 Å². The van der Waals surface area contributed by atoms with E-state index in [1.807, 2.05) is 68.7 Å². The SMILES string of the molecule is CCC(CC(C(N)=O)c1cccc(C(O)c2ccccc2)c1)N(C)C. The first-order valence-electron chi connectivity index (χ1n) is 8.72. The molecule has 4 nitrogen and oxygen atoms in total. The molecule has 4 heteroatoms. The molecule has 0 aliphatic rings. The van der Waals surface area contributed by atoms with Gasteiger partial charge in [0.15, 0.2) is 0 Å². The minimum absolute atomic E-state index is 0.278. The van der Waals surface area contributed by atoms with Crippen LogP contribution < -0.4 is 5.73 Å². The summed E-state index contributed by atoms with van der Waals surface area (Å²) >= 11 is 0. The van der Waals surface area contributed by atoms with Crippen LogP contribution in [0.1, 0.15) is 48.5 Å². The lowest BCUT2D eigenvalue weighted by atomic mass is 9.88. The number of primary amides is 1. The topological polar surface area (TPSA) is 66.6 Å². The molecule has 0 spiro atoms. The lowest BCUT2D eigenvalue weighted by Crippen LogP contribution is -2.33. The summed E-state index contributed by atoms with van der Waals surface area (Å²) in [6.45, 7) is 2.11. The Labute approximate surface area is 150 Å². The van der Waals surface area contributed by atoms with Gasteiger partial charge in [0.2, 0.25) is 5.91 Å². The van der Waals surface area contributed by atoms with Gasteiger partial charge >= 0.3 is 0 Å². The number of benzene rings is 2. The number of carbonyl (C=O) groups is 1. The molecule has 134 valence electrons. The van der Waals surface area contributed by atoms with Gasteiger partial charge in [-0.05, 0) is 43.6 Å². The van der Waals surface area contributed by atoms with Crippen LogP contribution in [-0.4, -0.2) is 36.1 Å². The molecule has 2 rings (SSSR count). The highest BCUT2D eigenvalue weighted by atomic mass is 16.3. The molecule has 0 bridgehead atoms. The smallest absolute Gasteiger partial charge is 0.225 e. The fourth-order valence-corrected chi connectivity index (χ4v) is 3.20. The normalized spacial score (nSPS) is 14.9. The molecule has 0 radical (unpaired) electrons. The van der Waals surface area contributed by atoms with Crippen LogP contribution in [0.5, 0.6) is 0 Å².